The average Bonchev–Trinajstić information content (AvgIpc) is 2.78. The number of halogens is 6. The minimum Gasteiger partial charge on any atom is -0.343 e. The lowest BCUT2D eigenvalue weighted by atomic mass is 9.75. The molecule has 1 N–H and O–H groups in total. The molecule has 0 radical (unpaired) electrons. The third-order valence-corrected chi connectivity index (χ3v) is 6.97. The molecule has 3 atom stereocenters. The Balaban J connectivity index is 2.05. The predicted octanol–water partition coefficient (Wildman–Crippen LogP) is 6.71. The molecule has 0 aromatic heterocycles. The van der Waals surface area contributed by atoms with Crippen molar-refractivity contribution >= 4 is 5.91 Å². The second-order valence-corrected chi connectivity index (χ2v) is 9.12. The molecule has 1 heterocycles. The van der Waals surface area contributed by atoms with Gasteiger partial charge in [0.2, 0.25) is 0 Å². The van der Waals surface area contributed by atoms with E-state index in [2.05, 4.69) is 17.1 Å². The van der Waals surface area contributed by atoms with Crippen molar-refractivity contribution in [1.82, 2.24) is 10.2 Å². The smallest absolute Gasteiger partial charge is 0.343 e. The summed E-state index contributed by atoms with van der Waals surface area (Å²) in [4.78, 5) is 15.3. The Labute approximate surface area is 195 Å². The molecular formula is C25H28F6N2O. The van der Waals surface area contributed by atoms with Gasteiger partial charge in [-0.2, -0.15) is 26.3 Å². The van der Waals surface area contributed by atoms with Gasteiger partial charge in [-0.1, -0.05) is 43.7 Å². The van der Waals surface area contributed by atoms with E-state index in [4.69, 9.17) is 0 Å². The molecule has 3 unspecified atom stereocenters. The summed E-state index contributed by atoms with van der Waals surface area (Å²) in [6, 6.07) is 8.99. The first kappa shape index (κ1) is 26.1. The topological polar surface area (TPSA) is 32.3 Å². The van der Waals surface area contributed by atoms with Crippen LogP contribution in [0.15, 0.2) is 48.5 Å². The Kier molecular flexibility index (Phi) is 7.36. The van der Waals surface area contributed by atoms with Crippen LogP contribution in [0.1, 0.15) is 66.2 Å². The van der Waals surface area contributed by atoms with Gasteiger partial charge in [0.15, 0.2) is 0 Å². The number of amides is 1. The monoisotopic (exact) mass is 486 g/mol. The van der Waals surface area contributed by atoms with E-state index >= 15 is 0 Å². The molecule has 1 saturated heterocycles. The summed E-state index contributed by atoms with van der Waals surface area (Å²) in [5.74, 6) is -0.745. The molecule has 3 rings (SSSR count). The van der Waals surface area contributed by atoms with E-state index in [-0.39, 0.29) is 6.07 Å². The summed E-state index contributed by atoms with van der Waals surface area (Å²) < 4.78 is 80.5. The predicted molar refractivity (Wildman–Crippen MR) is 117 cm³/mol. The number of piperidine rings is 1. The van der Waals surface area contributed by atoms with Crippen molar-refractivity contribution in [3.8, 4) is 0 Å². The number of likely N-dealkylation sites (tertiary alicyclic amines) is 1. The van der Waals surface area contributed by atoms with Gasteiger partial charge in [-0.05, 0) is 56.5 Å². The van der Waals surface area contributed by atoms with E-state index in [0.29, 0.717) is 30.0 Å². The second-order valence-electron chi connectivity index (χ2n) is 9.12. The van der Waals surface area contributed by atoms with Crippen molar-refractivity contribution in [3.63, 3.8) is 0 Å². The van der Waals surface area contributed by atoms with E-state index in [1.807, 2.05) is 14.0 Å². The SMILES string of the molecule is CCC1CCC(C)(C(NC(=O)c2cc(C(F)(F)F)ccc2C(F)(F)F)c2ccccc2)N(C)C1. The third-order valence-electron chi connectivity index (χ3n) is 6.97. The summed E-state index contributed by atoms with van der Waals surface area (Å²) >= 11 is 0. The van der Waals surface area contributed by atoms with Crippen molar-refractivity contribution in [2.24, 2.45) is 5.92 Å². The van der Waals surface area contributed by atoms with Crippen LogP contribution >= 0.6 is 0 Å². The molecule has 1 fully saturated rings. The van der Waals surface area contributed by atoms with E-state index < -0.39 is 46.5 Å². The summed E-state index contributed by atoms with van der Waals surface area (Å²) in [6.07, 6.45) is -7.37. The molecule has 2 aromatic rings. The van der Waals surface area contributed by atoms with Crippen LogP contribution in [0.2, 0.25) is 0 Å². The Morgan fingerprint density at radius 3 is 2.26 bits per heavy atom. The van der Waals surface area contributed by atoms with Gasteiger partial charge in [0, 0.05) is 12.1 Å². The van der Waals surface area contributed by atoms with Crippen molar-refractivity contribution in [3.05, 3.63) is 70.8 Å². The zero-order valence-corrected chi connectivity index (χ0v) is 19.2. The van der Waals surface area contributed by atoms with Gasteiger partial charge in [-0.15, -0.1) is 0 Å². The minimum atomic E-state index is -4.99. The summed E-state index contributed by atoms with van der Waals surface area (Å²) in [7, 11) is 1.90. The van der Waals surface area contributed by atoms with Gasteiger partial charge in [0.05, 0.1) is 22.7 Å². The molecule has 2 aromatic carbocycles. The molecule has 0 saturated carbocycles. The number of carbonyl (C=O) groups excluding carboxylic acids is 1. The van der Waals surface area contributed by atoms with Crippen LogP contribution in [0.3, 0.4) is 0 Å². The molecule has 1 amide bonds. The van der Waals surface area contributed by atoms with E-state index in [0.717, 1.165) is 19.4 Å². The van der Waals surface area contributed by atoms with Crippen molar-refractivity contribution < 1.29 is 31.1 Å². The molecule has 9 heteroatoms. The van der Waals surface area contributed by atoms with Crippen LogP contribution in [0.4, 0.5) is 26.3 Å². The van der Waals surface area contributed by atoms with E-state index in [1.54, 1.807) is 30.3 Å². The average molecular weight is 487 g/mol. The van der Waals surface area contributed by atoms with E-state index in [1.165, 1.54) is 0 Å². The van der Waals surface area contributed by atoms with Crippen molar-refractivity contribution in [2.75, 3.05) is 13.6 Å². The number of nitrogens with zero attached hydrogens (tertiary/aromatic N) is 1. The Morgan fingerprint density at radius 2 is 1.74 bits per heavy atom. The van der Waals surface area contributed by atoms with Crippen LogP contribution in [-0.4, -0.2) is 29.9 Å². The number of nitrogens with one attached hydrogen (secondary N) is 1. The lowest BCUT2D eigenvalue weighted by molar-refractivity contribution is -0.141. The molecular weight excluding hydrogens is 458 g/mol. The highest BCUT2D eigenvalue weighted by atomic mass is 19.4. The zero-order chi connectivity index (χ0) is 25.3. The largest absolute Gasteiger partial charge is 0.417 e. The molecule has 1 aliphatic heterocycles. The minimum absolute atomic E-state index is 0.278. The first-order chi connectivity index (χ1) is 15.8. The zero-order valence-electron chi connectivity index (χ0n) is 19.2. The van der Waals surface area contributed by atoms with Crippen LogP contribution in [0.5, 0.6) is 0 Å². The molecule has 0 aliphatic carbocycles. The van der Waals surface area contributed by atoms with Crippen LogP contribution in [0.25, 0.3) is 0 Å². The quantitative estimate of drug-likeness (QED) is 0.477. The maximum Gasteiger partial charge on any atom is 0.417 e. The Bertz CT molecular complexity index is 1000. The van der Waals surface area contributed by atoms with Gasteiger partial charge in [-0.3, -0.25) is 9.69 Å². The number of hydrogen-bond acceptors (Lipinski definition) is 2. The van der Waals surface area contributed by atoms with Crippen LogP contribution in [0, 0.1) is 5.92 Å². The number of rotatable bonds is 5. The maximum absolute atomic E-state index is 13.6. The van der Waals surface area contributed by atoms with Crippen LogP contribution in [-0.2, 0) is 12.4 Å². The first-order valence-corrected chi connectivity index (χ1v) is 11.1. The van der Waals surface area contributed by atoms with Crippen LogP contribution < -0.4 is 5.32 Å². The standard InChI is InChI=1S/C25H28F6N2O/c1-4-16-12-13-23(2,33(3)15-16)21(17-8-6-5-7-9-17)32-22(34)19-14-18(24(26,27)28)10-11-20(19)25(29,30)31/h5-11,14,16,21H,4,12-13,15H2,1-3H3,(H,32,34). The van der Waals surface area contributed by atoms with Gasteiger partial charge in [-0.25, -0.2) is 0 Å². The van der Waals surface area contributed by atoms with Gasteiger partial charge >= 0.3 is 12.4 Å². The Morgan fingerprint density at radius 1 is 1.09 bits per heavy atom. The normalized spacial score (nSPS) is 22.9. The fraction of sp³-hybridized carbons (Fsp3) is 0.480. The lowest BCUT2D eigenvalue weighted by Gasteiger charge is -2.50. The highest BCUT2D eigenvalue weighted by Gasteiger charge is 2.44. The molecule has 34 heavy (non-hydrogen) atoms. The van der Waals surface area contributed by atoms with Gasteiger partial charge < -0.3 is 5.32 Å². The number of carbonyl (C=O) groups is 1. The molecule has 0 bridgehead atoms. The fourth-order valence-electron chi connectivity index (χ4n) is 4.68. The highest BCUT2D eigenvalue weighted by molar-refractivity contribution is 5.96. The van der Waals surface area contributed by atoms with Gasteiger partial charge in [0.25, 0.3) is 5.91 Å². The first-order valence-electron chi connectivity index (χ1n) is 11.1. The fourth-order valence-corrected chi connectivity index (χ4v) is 4.68. The molecule has 0 spiro atoms. The summed E-state index contributed by atoms with van der Waals surface area (Å²) in [5.41, 5.74) is -3.74. The Hall–Kier alpha value is -2.55. The molecule has 3 nitrogen and oxygen atoms in total. The number of alkyl halides is 6. The van der Waals surface area contributed by atoms with Crippen molar-refractivity contribution in [1.29, 1.82) is 0 Å². The van der Waals surface area contributed by atoms with E-state index in [9.17, 15) is 31.1 Å². The lowest BCUT2D eigenvalue weighted by Crippen LogP contribution is -2.58. The summed E-state index contributed by atoms with van der Waals surface area (Å²) in [5, 5.41) is 2.67. The highest BCUT2D eigenvalue weighted by Crippen LogP contribution is 2.41. The third kappa shape index (κ3) is 5.40. The maximum atomic E-state index is 13.6. The number of likely N-dealkylation sites (N-methyl/N-ethyl adjacent to an activating group) is 1. The summed E-state index contributed by atoms with van der Waals surface area (Å²) in [6.45, 7) is 4.75. The number of benzene rings is 2. The van der Waals surface area contributed by atoms with Crippen molar-refractivity contribution in [2.45, 2.75) is 57.0 Å². The molecule has 1 aliphatic rings. The molecule has 186 valence electrons. The van der Waals surface area contributed by atoms with Gasteiger partial charge in [0.1, 0.15) is 0 Å². The number of hydrogen-bond donors (Lipinski definition) is 1. The second kappa shape index (κ2) is 9.60.